The van der Waals surface area contributed by atoms with Crippen LogP contribution in [0.2, 0.25) is 0 Å². The topological polar surface area (TPSA) is 38.3 Å². The van der Waals surface area contributed by atoms with E-state index in [-0.39, 0.29) is 11.5 Å². The van der Waals surface area contributed by atoms with E-state index in [1.165, 1.54) is 0 Å². The third-order valence-electron chi connectivity index (χ3n) is 2.98. The van der Waals surface area contributed by atoms with Crippen molar-refractivity contribution >= 4 is 5.97 Å². The predicted octanol–water partition coefficient (Wildman–Crippen LogP) is 1.08. The van der Waals surface area contributed by atoms with E-state index in [0.717, 1.165) is 12.8 Å². The summed E-state index contributed by atoms with van der Waals surface area (Å²) >= 11 is 0. The van der Waals surface area contributed by atoms with Gasteiger partial charge in [-0.15, -0.1) is 0 Å². The molecule has 1 aliphatic carbocycles. The minimum absolute atomic E-state index is 0.0747. The maximum atomic E-state index is 11.6. The van der Waals surface area contributed by atoms with E-state index in [2.05, 4.69) is 19.2 Å². The molecule has 0 bridgehead atoms. The van der Waals surface area contributed by atoms with Crippen molar-refractivity contribution in [2.24, 2.45) is 5.92 Å². The van der Waals surface area contributed by atoms with Crippen molar-refractivity contribution < 1.29 is 9.53 Å². The number of ether oxygens (including phenoxy) is 1. The van der Waals surface area contributed by atoms with Crippen LogP contribution in [0.3, 0.4) is 0 Å². The zero-order chi connectivity index (χ0) is 9.69. The standard InChI is InChI=1S/C10H17NO2/c1-9(2)6-13-8(12)10(3,11-9)7-4-5-7/h7,11H,4-6H2,1-3H3. The maximum Gasteiger partial charge on any atom is 0.326 e. The summed E-state index contributed by atoms with van der Waals surface area (Å²) in [6, 6.07) is 0. The molecular formula is C10H17NO2. The van der Waals surface area contributed by atoms with Gasteiger partial charge in [-0.3, -0.25) is 10.1 Å². The minimum atomic E-state index is -0.429. The van der Waals surface area contributed by atoms with Crippen LogP contribution in [0, 0.1) is 5.92 Å². The summed E-state index contributed by atoms with van der Waals surface area (Å²) in [6.45, 7) is 6.59. The highest BCUT2D eigenvalue weighted by atomic mass is 16.5. The van der Waals surface area contributed by atoms with E-state index in [1.54, 1.807) is 0 Å². The van der Waals surface area contributed by atoms with Crippen LogP contribution in [0.5, 0.6) is 0 Å². The summed E-state index contributed by atoms with van der Waals surface area (Å²) in [7, 11) is 0. The number of rotatable bonds is 1. The van der Waals surface area contributed by atoms with E-state index < -0.39 is 5.54 Å². The highest BCUT2D eigenvalue weighted by Crippen LogP contribution is 2.42. The lowest BCUT2D eigenvalue weighted by Crippen LogP contribution is -2.66. The molecule has 1 atom stereocenters. The largest absolute Gasteiger partial charge is 0.462 e. The van der Waals surface area contributed by atoms with Crippen LogP contribution < -0.4 is 5.32 Å². The number of hydrogen-bond donors (Lipinski definition) is 1. The van der Waals surface area contributed by atoms with Crippen LogP contribution in [-0.4, -0.2) is 23.7 Å². The summed E-state index contributed by atoms with van der Waals surface area (Å²) in [5, 5.41) is 3.41. The number of carbonyl (C=O) groups is 1. The Hall–Kier alpha value is -0.570. The number of carbonyl (C=O) groups excluding carboxylic acids is 1. The van der Waals surface area contributed by atoms with Gasteiger partial charge in [0.05, 0.1) is 0 Å². The van der Waals surface area contributed by atoms with Crippen molar-refractivity contribution in [3.8, 4) is 0 Å². The van der Waals surface area contributed by atoms with Crippen molar-refractivity contribution in [3.63, 3.8) is 0 Å². The van der Waals surface area contributed by atoms with E-state index in [1.807, 2.05) is 6.92 Å². The summed E-state index contributed by atoms with van der Waals surface area (Å²) < 4.78 is 5.21. The molecule has 74 valence electrons. The van der Waals surface area contributed by atoms with Crippen molar-refractivity contribution in [3.05, 3.63) is 0 Å². The molecule has 1 unspecified atom stereocenters. The molecule has 1 N–H and O–H groups in total. The summed E-state index contributed by atoms with van der Waals surface area (Å²) in [6.07, 6.45) is 2.30. The van der Waals surface area contributed by atoms with Crippen molar-refractivity contribution in [1.82, 2.24) is 5.32 Å². The molecule has 2 rings (SSSR count). The van der Waals surface area contributed by atoms with Crippen LogP contribution in [0.1, 0.15) is 33.6 Å². The highest BCUT2D eigenvalue weighted by molar-refractivity contribution is 5.82. The molecule has 0 amide bonds. The number of hydrogen-bond acceptors (Lipinski definition) is 3. The van der Waals surface area contributed by atoms with Gasteiger partial charge in [0.15, 0.2) is 0 Å². The molecule has 0 radical (unpaired) electrons. The Morgan fingerprint density at radius 2 is 2.00 bits per heavy atom. The van der Waals surface area contributed by atoms with E-state index in [9.17, 15) is 4.79 Å². The Morgan fingerprint density at radius 1 is 1.38 bits per heavy atom. The van der Waals surface area contributed by atoms with Gasteiger partial charge >= 0.3 is 5.97 Å². The molecule has 13 heavy (non-hydrogen) atoms. The molecule has 2 fully saturated rings. The molecule has 3 heteroatoms. The lowest BCUT2D eigenvalue weighted by Gasteiger charge is -2.42. The maximum absolute atomic E-state index is 11.6. The number of cyclic esters (lactones) is 1. The Morgan fingerprint density at radius 3 is 2.54 bits per heavy atom. The quantitative estimate of drug-likeness (QED) is 0.618. The second-order valence-electron chi connectivity index (χ2n) is 5.06. The average molecular weight is 183 g/mol. The first-order chi connectivity index (χ1) is 5.94. The fraction of sp³-hybridized carbons (Fsp3) is 0.900. The van der Waals surface area contributed by atoms with Gasteiger partial charge in [-0.1, -0.05) is 0 Å². The number of morpholine rings is 1. The third kappa shape index (κ3) is 1.46. The van der Waals surface area contributed by atoms with Gasteiger partial charge in [0.1, 0.15) is 12.1 Å². The SMILES string of the molecule is CC1(C)COC(=O)C(C)(C2CC2)N1. The van der Waals surface area contributed by atoms with Crippen molar-refractivity contribution in [1.29, 1.82) is 0 Å². The summed E-state index contributed by atoms with van der Waals surface area (Å²) in [4.78, 5) is 11.6. The molecule has 1 saturated carbocycles. The first-order valence-corrected chi connectivity index (χ1v) is 4.91. The smallest absolute Gasteiger partial charge is 0.326 e. The van der Waals surface area contributed by atoms with Gasteiger partial charge in [-0.2, -0.15) is 0 Å². The molecule has 3 nitrogen and oxygen atoms in total. The molecule has 0 aromatic carbocycles. The van der Waals surface area contributed by atoms with Crippen LogP contribution in [-0.2, 0) is 9.53 Å². The van der Waals surface area contributed by atoms with Crippen molar-refractivity contribution in [2.75, 3.05) is 6.61 Å². The fourth-order valence-electron chi connectivity index (χ4n) is 2.12. The van der Waals surface area contributed by atoms with Gasteiger partial charge in [0.25, 0.3) is 0 Å². The van der Waals surface area contributed by atoms with Gasteiger partial charge in [-0.25, -0.2) is 0 Å². The molecule has 2 aliphatic rings. The molecule has 1 saturated heterocycles. The van der Waals surface area contributed by atoms with Gasteiger partial charge in [0.2, 0.25) is 0 Å². The van der Waals surface area contributed by atoms with E-state index in [0.29, 0.717) is 12.5 Å². The lowest BCUT2D eigenvalue weighted by molar-refractivity contribution is -0.162. The zero-order valence-electron chi connectivity index (χ0n) is 8.52. The Labute approximate surface area is 78.8 Å². The number of esters is 1. The molecule has 1 heterocycles. The fourth-order valence-corrected chi connectivity index (χ4v) is 2.12. The monoisotopic (exact) mass is 183 g/mol. The van der Waals surface area contributed by atoms with Gasteiger partial charge in [-0.05, 0) is 39.5 Å². The zero-order valence-corrected chi connectivity index (χ0v) is 8.52. The average Bonchev–Trinajstić information content (AvgIpc) is 2.78. The normalized spacial score (nSPS) is 38.5. The predicted molar refractivity (Wildman–Crippen MR) is 49.3 cm³/mol. The Kier molecular flexibility index (Phi) is 1.71. The molecule has 0 aromatic rings. The number of nitrogens with one attached hydrogen (secondary N) is 1. The van der Waals surface area contributed by atoms with Crippen LogP contribution in [0.15, 0.2) is 0 Å². The van der Waals surface area contributed by atoms with E-state index >= 15 is 0 Å². The van der Waals surface area contributed by atoms with Crippen LogP contribution in [0.4, 0.5) is 0 Å². The van der Waals surface area contributed by atoms with Gasteiger partial charge in [0, 0.05) is 5.54 Å². The summed E-state index contributed by atoms with van der Waals surface area (Å²) in [5.74, 6) is 0.411. The van der Waals surface area contributed by atoms with Crippen LogP contribution in [0.25, 0.3) is 0 Å². The second kappa shape index (κ2) is 2.47. The highest BCUT2D eigenvalue weighted by Gasteiger charge is 2.53. The molecule has 0 aromatic heterocycles. The molecule has 1 aliphatic heterocycles. The molecule has 0 spiro atoms. The lowest BCUT2D eigenvalue weighted by atomic mass is 9.89. The minimum Gasteiger partial charge on any atom is -0.462 e. The summed E-state index contributed by atoms with van der Waals surface area (Å²) in [5.41, 5.74) is -0.507. The first kappa shape index (κ1) is 9.00. The first-order valence-electron chi connectivity index (χ1n) is 4.91. The van der Waals surface area contributed by atoms with Gasteiger partial charge < -0.3 is 4.74 Å². The Balaban J connectivity index is 2.19. The van der Waals surface area contributed by atoms with Crippen molar-refractivity contribution in [2.45, 2.75) is 44.7 Å². The van der Waals surface area contributed by atoms with E-state index in [4.69, 9.17) is 4.74 Å². The Bertz CT molecular complexity index is 245. The molecular weight excluding hydrogens is 166 g/mol. The third-order valence-corrected chi connectivity index (χ3v) is 2.98. The van der Waals surface area contributed by atoms with Crippen LogP contribution >= 0.6 is 0 Å². The second-order valence-corrected chi connectivity index (χ2v) is 5.06.